The van der Waals surface area contributed by atoms with Crippen LogP contribution in [0.5, 0.6) is 11.5 Å². The Balaban J connectivity index is 1.40. The fourth-order valence-electron chi connectivity index (χ4n) is 6.53. The third-order valence-corrected chi connectivity index (χ3v) is 9.23. The van der Waals surface area contributed by atoms with Crippen molar-refractivity contribution in [2.45, 2.75) is 42.6 Å². The van der Waals surface area contributed by atoms with Crippen LogP contribution in [0.3, 0.4) is 0 Å². The molecule has 7 rings (SSSR count). The van der Waals surface area contributed by atoms with Crippen molar-refractivity contribution in [1.29, 1.82) is 0 Å². The molecule has 0 aliphatic heterocycles. The van der Waals surface area contributed by atoms with Gasteiger partial charge in [0.05, 0.1) is 5.41 Å². The van der Waals surface area contributed by atoms with E-state index in [1.807, 2.05) is 36.4 Å². The molecule has 0 aromatic heterocycles. The number of rotatable bonds is 6. The number of hydrogen-bond donors (Lipinski definition) is 2. The summed E-state index contributed by atoms with van der Waals surface area (Å²) in [5, 5.41) is 4.01. The molecule has 234 valence electrons. The van der Waals surface area contributed by atoms with E-state index in [1.54, 1.807) is 27.7 Å². The van der Waals surface area contributed by atoms with Crippen LogP contribution in [-0.4, -0.2) is 21.4 Å². The molecule has 1 aliphatic carbocycles. The van der Waals surface area contributed by atoms with E-state index in [0.717, 1.165) is 32.7 Å². The van der Waals surface area contributed by atoms with Crippen LogP contribution in [0.15, 0.2) is 121 Å². The largest absolute Gasteiger partial charge is 0.426 e. The summed E-state index contributed by atoms with van der Waals surface area (Å²) in [5.41, 5.74) is 6.49. The molecular weight excluding hydrogens is 621 g/mol. The van der Waals surface area contributed by atoms with Crippen LogP contribution < -0.4 is 9.47 Å². The number of fused-ring (bicyclic) bond motifs is 5. The lowest BCUT2D eigenvalue weighted by Gasteiger charge is -2.34. The number of ether oxygens (including phenoxy) is 2. The highest BCUT2D eigenvalue weighted by molar-refractivity contribution is 7.82. The van der Waals surface area contributed by atoms with Gasteiger partial charge in [-0.05, 0) is 119 Å². The Morgan fingerprint density at radius 2 is 0.872 bits per heavy atom. The summed E-state index contributed by atoms with van der Waals surface area (Å²) < 4.78 is 9.48. The van der Waals surface area contributed by atoms with Crippen molar-refractivity contribution in [2.75, 3.05) is 0 Å². The van der Waals surface area contributed by atoms with Crippen LogP contribution in [-0.2, 0) is 15.0 Å². The highest BCUT2D eigenvalue weighted by Crippen LogP contribution is 2.56. The molecule has 0 spiro atoms. The molecule has 6 aromatic rings. The molecule has 0 heterocycles. The van der Waals surface area contributed by atoms with E-state index in [0.29, 0.717) is 11.5 Å². The van der Waals surface area contributed by atoms with Crippen molar-refractivity contribution in [3.8, 4) is 22.6 Å². The lowest BCUT2D eigenvalue weighted by atomic mass is 9.67. The maximum absolute atomic E-state index is 12.5. The molecule has 0 radical (unpaired) electrons. The summed E-state index contributed by atoms with van der Waals surface area (Å²) in [5.74, 6) is 0.173. The lowest BCUT2D eigenvalue weighted by molar-refractivity contribution is -0.137. The van der Waals surface area contributed by atoms with Gasteiger partial charge in [-0.25, -0.2) is 0 Å². The Kier molecular flexibility index (Phi) is 7.49. The maximum Gasteiger partial charge on any atom is 0.326 e. The zero-order valence-electron chi connectivity index (χ0n) is 26.6. The van der Waals surface area contributed by atoms with Crippen LogP contribution in [0.25, 0.3) is 32.7 Å². The minimum atomic E-state index is -0.899. The fourth-order valence-corrected chi connectivity index (χ4v) is 6.62. The van der Waals surface area contributed by atoms with Gasteiger partial charge in [0.2, 0.25) is 0 Å². The molecule has 0 saturated carbocycles. The Hall–Kier alpha value is -4.52. The molecule has 6 aromatic carbocycles. The minimum Gasteiger partial charge on any atom is -0.426 e. The molecule has 0 atom stereocenters. The third-order valence-electron chi connectivity index (χ3n) is 8.86. The molecule has 0 fully saturated rings. The average molecular weight is 655 g/mol. The first-order valence-corrected chi connectivity index (χ1v) is 16.4. The second-order valence-corrected chi connectivity index (χ2v) is 15.4. The summed E-state index contributed by atoms with van der Waals surface area (Å²) in [6.45, 7) is 6.86. The second-order valence-electron chi connectivity index (χ2n) is 13.2. The first kappa shape index (κ1) is 31.1. The van der Waals surface area contributed by atoms with Crippen LogP contribution in [0.4, 0.5) is 0 Å². The van der Waals surface area contributed by atoms with Crippen LogP contribution in [0, 0.1) is 0 Å². The molecule has 0 saturated heterocycles. The topological polar surface area (TPSA) is 52.6 Å². The number of carbonyl (C=O) groups is 2. The average Bonchev–Trinajstić information content (AvgIpc) is 3.34. The van der Waals surface area contributed by atoms with Crippen molar-refractivity contribution in [3.63, 3.8) is 0 Å². The van der Waals surface area contributed by atoms with E-state index in [9.17, 15) is 9.59 Å². The van der Waals surface area contributed by atoms with Crippen LogP contribution >= 0.6 is 25.3 Å². The first-order chi connectivity index (χ1) is 22.4. The number of thiol groups is 2. The normalized spacial score (nSPS) is 13.7. The van der Waals surface area contributed by atoms with E-state index >= 15 is 0 Å². The minimum absolute atomic E-state index is 0.401. The van der Waals surface area contributed by atoms with Crippen molar-refractivity contribution >= 4 is 58.7 Å². The molecular formula is C41H34O4S2. The monoisotopic (exact) mass is 654 g/mol. The number of hydrogen-bond acceptors (Lipinski definition) is 6. The second kappa shape index (κ2) is 11.3. The van der Waals surface area contributed by atoms with Crippen molar-refractivity contribution in [2.24, 2.45) is 0 Å². The standard InChI is InChI=1S/C41H34O4S2/c1-39(2,46)37(42)44-31-19-15-25-21-29(17-13-27(25)23-31)41(35-11-7-5-9-33(35)34-10-6-8-12-36(34)41)30-18-14-28-24-32(20-16-26(28)22-30)45-38(43)40(3,4)47/h5-24,46-47H,1-4H3. The van der Waals surface area contributed by atoms with Crippen molar-refractivity contribution in [3.05, 3.63) is 144 Å². The van der Waals surface area contributed by atoms with Gasteiger partial charge in [-0.1, -0.05) is 84.9 Å². The maximum atomic E-state index is 12.5. The highest BCUT2D eigenvalue weighted by Gasteiger charge is 2.46. The van der Waals surface area contributed by atoms with Gasteiger partial charge in [0.25, 0.3) is 0 Å². The summed E-state index contributed by atoms with van der Waals surface area (Å²) in [7, 11) is 0. The number of benzene rings is 6. The molecule has 0 N–H and O–H groups in total. The number of esters is 2. The summed E-state index contributed by atoms with van der Waals surface area (Å²) >= 11 is 8.72. The quantitative estimate of drug-likeness (QED) is 0.107. The molecule has 0 bridgehead atoms. The molecule has 4 nitrogen and oxygen atoms in total. The van der Waals surface area contributed by atoms with E-state index in [4.69, 9.17) is 9.47 Å². The molecule has 1 aliphatic rings. The first-order valence-electron chi connectivity index (χ1n) is 15.5. The Morgan fingerprint density at radius 1 is 0.511 bits per heavy atom. The van der Waals surface area contributed by atoms with Gasteiger partial charge < -0.3 is 9.47 Å². The van der Waals surface area contributed by atoms with E-state index in [2.05, 4.69) is 110 Å². The fraction of sp³-hybridized carbons (Fsp3) is 0.171. The summed E-state index contributed by atoms with van der Waals surface area (Å²) in [4.78, 5) is 25.0. The van der Waals surface area contributed by atoms with Gasteiger partial charge in [-0.15, -0.1) is 0 Å². The van der Waals surface area contributed by atoms with Crippen LogP contribution in [0.2, 0.25) is 0 Å². The number of carbonyl (C=O) groups excluding carboxylic acids is 2. The molecule has 47 heavy (non-hydrogen) atoms. The predicted molar refractivity (Wildman–Crippen MR) is 196 cm³/mol. The highest BCUT2D eigenvalue weighted by atomic mass is 32.1. The van der Waals surface area contributed by atoms with Gasteiger partial charge in [-0.3, -0.25) is 9.59 Å². The molecule has 0 amide bonds. The summed E-state index contributed by atoms with van der Waals surface area (Å²) in [6, 6.07) is 41.8. The van der Waals surface area contributed by atoms with E-state index in [1.165, 1.54) is 22.3 Å². The van der Waals surface area contributed by atoms with Gasteiger partial charge in [-0.2, -0.15) is 25.3 Å². The Labute approximate surface area is 285 Å². The van der Waals surface area contributed by atoms with Crippen molar-refractivity contribution in [1.82, 2.24) is 0 Å². The van der Waals surface area contributed by atoms with Gasteiger partial charge in [0.15, 0.2) is 0 Å². The van der Waals surface area contributed by atoms with Crippen molar-refractivity contribution < 1.29 is 19.1 Å². The molecule has 6 heteroatoms. The van der Waals surface area contributed by atoms with Gasteiger partial charge in [0, 0.05) is 0 Å². The molecule has 0 unspecified atom stereocenters. The van der Waals surface area contributed by atoms with E-state index in [-0.39, 0.29) is 0 Å². The van der Waals surface area contributed by atoms with Gasteiger partial charge in [0.1, 0.15) is 21.0 Å². The Morgan fingerprint density at radius 3 is 1.28 bits per heavy atom. The zero-order valence-corrected chi connectivity index (χ0v) is 28.4. The smallest absolute Gasteiger partial charge is 0.326 e. The third kappa shape index (κ3) is 5.39. The Bertz CT molecular complexity index is 2060. The predicted octanol–water partition coefficient (Wildman–Crippen LogP) is 9.58. The van der Waals surface area contributed by atoms with Gasteiger partial charge >= 0.3 is 11.9 Å². The zero-order chi connectivity index (χ0) is 33.1. The lowest BCUT2D eigenvalue weighted by Crippen LogP contribution is -2.29. The SMILES string of the molecule is CC(C)(S)C(=O)Oc1ccc2cc(C3(c4ccc5cc(OC(=O)C(C)(C)S)ccc5c4)c4ccccc4-c4ccccc43)ccc2c1. The summed E-state index contributed by atoms with van der Waals surface area (Å²) in [6.07, 6.45) is 0. The van der Waals surface area contributed by atoms with E-state index < -0.39 is 26.8 Å². The van der Waals surface area contributed by atoms with Crippen LogP contribution in [0.1, 0.15) is 49.9 Å².